The third-order valence-corrected chi connectivity index (χ3v) is 7.94. The van der Waals surface area contributed by atoms with E-state index in [9.17, 15) is 10.1 Å². The average Bonchev–Trinajstić information content (AvgIpc) is 3.23. The maximum absolute atomic E-state index is 11.6. The van der Waals surface area contributed by atoms with Gasteiger partial charge in [0.2, 0.25) is 0 Å². The first-order valence-electron chi connectivity index (χ1n) is 11.5. The predicted molar refractivity (Wildman–Crippen MR) is 135 cm³/mol. The molecule has 3 aromatic carbocycles. The fourth-order valence-corrected chi connectivity index (χ4v) is 6.06. The Morgan fingerprint density at radius 1 is 1.00 bits per heavy atom. The highest BCUT2D eigenvalue weighted by atomic mass is 32.1. The lowest BCUT2D eigenvalue weighted by Crippen LogP contribution is -2.32. The fraction of sp³-hybridized carbons (Fsp3) is 0.296. The van der Waals surface area contributed by atoms with Crippen molar-refractivity contribution in [3.8, 4) is 11.3 Å². The minimum Gasteiger partial charge on any atom is -0.313 e. The number of fused-ring (bicyclic) bond motifs is 1. The molecule has 5 nitrogen and oxygen atoms in total. The van der Waals surface area contributed by atoms with Crippen LogP contribution in [-0.2, 0) is 0 Å². The molecule has 0 amide bonds. The lowest BCUT2D eigenvalue weighted by Gasteiger charge is -2.36. The number of nitro benzene ring substituents is 1. The lowest BCUT2D eigenvalue weighted by atomic mass is 9.77. The first kappa shape index (κ1) is 21.6. The zero-order valence-electron chi connectivity index (χ0n) is 18.8. The second-order valence-corrected chi connectivity index (χ2v) is 9.83. The molecule has 6 heteroatoms. The minimum absolute atomic E-state index is 0.0363. The van der Waals surface area contributed by atoms with E-state index in [1.807, 2.05) is 0 Å². The van der Waals surface area contributed by atoms with Crippen molar-refractivity contribution in [3.05, 3.63) is 87.0 Å². The zero-order chi connectivity index (χ0) is 22.9. The van der Waals surface area contributed by atoms with E-state index in [1.165, 1.54) is 35.2 Å². The molecule has 0 saturated heterocycles. The molecule has 1 saturated carbocycles. The van der Waals surface area contributed by atoms with Gasteiger partial charge in [-0.3, -0.25) is 10.1 Å². The third-order valence-electron chi connectivity index (χ3n) is 7.10. The predicted octanol–water partition coefficient (Wildman–Crippen LogP) is 7.51. The zero-order valence-corrected chi connectivity index (χ0v) is 19.7. The normalized spacial score (nSPS) is 21.4. The van der Waals surface area contributed by atoms with Crippen molar-refractivity contribution < 1.29 is 4.92 Å². The molecular weight excluding hydrogens is 430 g/mol. The smallest absolute Gasteiger partial charge is 0.294 e. The largest absolute Gasteiger partial charge is 0.313 e. The molecule has 1 aromatic heterocycles. The van der Waals surface area contributed by atoms with Crippen LogP contribution in [-0.4, -0.2) is 9.49 Å². The van der Waals surface area contributed by atoms with Crippen LogP contribution in [0.4, 0.5) is 11.4 Å². The van der Waals surface area contributed by atoms with Gasteiger partial charge in [0.15, 0.2) is 4.80 Å². The van der Waals surface area contributed by atoms with Crippen molar-refractivity contribution in [3.63, 3.8) is 0 Å². The number of aromatic nitrogens is 1. The van der Waals surface area contributed by atoms with Crippen LogP contribution in [0.5, 0.6) is 0 Å². The summed E-state index contributed by atoms with van der Waals surface area (Å²) in [6.07, 6.45) is 3.51. The van der Waals surface area contributed by atoms with E-state index in [0.717, 1.165) is 16.9 Å². The van der Waals surface area contributed by atoms with Crippen LogP contribution in [0.3, 0.4) is 0 Å². The SMILES string of the molecule is CC1CCCC(n2c(-c3cccc4ccccc34)csc2=Nc2ccccc2[N+](=O)[O-])C1C. The molecule has 1 heterocycles. The standard InChI is InChI=1S/C27H27N3O2S/c1-18-9-7-16-24(19(18)2)29-26(22-13-8-11-20-10-3-4-12-21(20)22)17-33-27(29)28-23-14-5-6-15-25(23)30(31)32/h3-6,8,10-15,17-19,24H,7,9,16H2,1-2H3. The van der Waals surface area contributed by atoms with Crippen LogP contribution >= 0.6 is 11.3 Å². The maximum Gasteiger partial charge on any atom is 0.294 e. The summed E-state index contributed by atoms with van der Waals surface area (Å²) < 4.78 is 2.36. The summed E-state index contributed by atoms with van der Waals surface area (Å²) in [5.74, 6) is 1.11. The van der Waals surface area contributed by atoms with Gasteiger partial charge in [0, 0.05) is 23.1 Å². The Morgan fingerprint density at radius 2 is 1.76 bits per heavy atom. The fourth-order valence-electron chi connectivity index (χ4n) is 5.10. The van der Waals surface area contributed by atoms with Gasteiger partial charge in [-0.15, -0.1) is 11.3 Å². The van der Waals surface area contributed by atoms with Gasteiger partial charge in [-0.25, -0.2) is 4.99 Å². The van der Waals surface area contributed by atoms with Gasteiger partial charge >= 0.3 is 0 Å². The molecule has 33 heavy (non-hydrogen) atoms. The van der Waals surface area contributed by atoms with Gasteiger partial charge in [-0.05, 0) is 35.1 Å². The van der Waals surface area contributed by atoms with E-state index >= 15 is 0 Å². The van der Waals surface area contributed by atoms with E-state index in [1.54, 1.807) is 29.5 Å². The second kappa shape index (κ2) is 8.94. The monoisotopic (exact) mass is 457 g/mol. The topological polar surface area (TPSA) is 60.4 Å². The summed E-state index contributed by atoms with van der Waals surface area (Å²) in [5, 5.41) is 16.2. The van der Waals surface area contributed by atoms with E-state index in [0.29, 0.717) is 23.6 Å². The Hall–Kier alpha value is -3.25. The first-order valence-corrected chi connectivity index (χ1v) is 12.4. The molecule has 0 spiro atoms. The van der Waals surface area contributed by atoms with Gasteiger partial charge in [0.25, 0.3) is 5.69 Å². The van der Waals surface area contributed by atoms with Crippen molar-refractivity contribution in [2.45, 2.75) is 39.2 Å². The highest BCUT2D eigenvalue weighted by molar-refractivity contribution is 7.07. The van der Waals surface area contributed by atoms with Gasteiger partial charge in [0.1, 0.15) is 5.69 Å². The summed E-state index contributed by atoms with van der Waals surface area (Å²) in [7, 11) is 0. The number of para-hydroxylation sites is 2. The molecule has 3 atom stereocenters. The Balaban J connectivity index is 1.77. The summed E-state index contributed by atoms with van der Waals surface area (Å²) in [5.41, 5.74) is 2.76. The van der Waals surface area contributed by atoms with Crippen molar-refractivity contribution in [2.24, 2.45) is 16.8 Å². The number of nitro groups is 1. The minimum atomic E-state index is -0.353. The average molecular weight is 458 g/mol. The molecule has 4 aromatic rings. The molecule has 5 rings (SSSR count). The van der Waals surface area contributed by atoms with Gasteiger partial charge in [-0.1, -0.05) is 81.3 Å². The number of nitrogens with zero attached hydrogens (tertiary/aromatic N) is 3. The van der Waals surface area contributed by atoms with Gasteiger partial charge in [-0.2, -0.15) is 0 Å². The molecule has 0 N–H and O–H groups in total. The Bertz CT molecular complexity index is 1380. The molecule has 168 valence electrons. The van der Waals surface area contributed by atoms with Gasteiger partial charge in [0.05, 0.1) is 10.6 Å². The molecule has 0 radical (unpaired) electrons. The van der Waals surface area contributed by atoms with Crippen molar-refractivity contribution >= 4 is 33.5 Å². The molecule has 3 unspecified atom stereocenters. The first-order chi connectivity index (χ1) is 16.0. The molecule has 0 bridgehead atoms. The van der Waals surface area contributed by atoms with Crippen LogP contribution < -0.4 is 4.80 Å². The molecular formula is C27H27N3O2S. The molecule has 1 aliphatic rings. The molecule has 1 aliphatic carbocycles. The summed E-state index contributed by atoms with van der Waals surface area (Å²) in [6, 6.07) is 21.9. The van der Waals surface area contributed by atoms with Crippen LogP contribution in [0.25, 0.3) is 22.0 Å². The van der Waals surface area contributed by atoms with Crippen molar-refractivity contribution in [1.29, 1.82) is 0 Å². The van der Waals surface area contributed by atoms with E-state index in [2.05, 4.69) is 66.3 Å². The third kappa shape index (κ3) is 4.00. The van der Waals surface area contributed by atoms with Gasteiger partial charge < -0.3 is 4.57 Å². The lowest BCUT2D eigenvalue weighted by molar-refractivity contribution is -0.384. The van der Waals surface area contributed by atoms with Crippen molar-refractivity contribution in [2.75, 3.05) is 0 Å². The summed E-state index contributed by atoms with van der Waals surface area (Å²) in [4.78, 5) is 16.9. The number of rotatable bonds is 4. The summed E-state index contributed by atoms with van der Waals surface area (Å²) >= 11 is 1.57. The van der Waals surface area contributed by atoms with Crippen LogP contribution in [0, 0.1) is 22.0 Å². The number of thiazole rings is 1. The quantitative estimate of drug-likeness (QED) is 0.235. The Kier molecular flexibility index (Phi) is 5.85. The van der Waals surface area contributed by atoms with Crippen LogP contribution in [0.1, 0.15) is 39.2 Å². The van der Waals surface area contributed by atoms with E-state index in [-0.39, 0.29) is 10.6 Å². The van der Waals surface area contributed by atoms with Crippen LogP contribution in [0.2, 0.25) is 0 Å². The van der Waals surface area contributed by atoms with Crippen molar-refractivity contribution in [1.82, 2.24) is 4.57 Å². The van der Waals surface area contributed by atoms with E-state index < -0.39 is 0 Å². The number of benzene rings is 3. The maximum atomic E-state index is 11.6. The molecule has 0 aliphatic heterocycles. The molecule has 1 fully saturated rings. The van der Waals surface area contributed by atoms with E-state index in [4.69, 9.17) is 4.99 Å². The highest BCUT2D eigenvalue weighted by Gasteiger charge is 2.31. The second-order valence-electron chi connectivity index (χ2n) is 8.99. The number of hydrogen-bond donors (Lipinski definition) is 0. The Labute approximate surface area is 197 Å². The number of hydrogen-bond acceptors (Lipinski definition) is 4. The summed E-state index contributed by atoms with van der Waals surface area (Å²) in [6.45, 7) is 4.67. The Morgan fingerprint density at radius 3 is 2.61 bits per heavy atom. The van der Waals surface area contributed by atoms with Crippen LogP contribution in [0.15, 0.2) is 77.1 Å². The highest BCUT2D eigenvalue weighted by Crippen LogP contribution is 2.41.